The van der Waals surface area contributed by atoms with Crippen molar-refractivity contribution in [3.05, 3.63) is 53.6 Å². The summed E-state index contributed by atoms with van der Waals surface area (Å²) in [7, 11) is -0.758. The fraction of sp³-hybridized carbons (Fsp3) is 0.235. The van der Waals surface area contributed by atoms with Gasteiger partial charge in [0.1, 0.15) is 11.6 Å². The van der Waals surface area contributed by atoms with Crippen LogP contribution in [0.2, 0.25) is 0 Å². The molecule has 140 valence electrons. The van der Waals surface area contributed by atoms with E-state index in [2.05, 4.69) is 10.6 Å². The van der Waals surface area contributed by atoms with Crippen LogP contribution in [0.15, 0.2) is 41.3 Å². The number of rotatable bonds is 6. The van der Waals surface area contributed by atoms with Crippen molar-refractivity contribution in [2.75, 3.05) is 31.3 Å². The minimum absolute atomic E-state index is 0.0839. The minimum atomic E-state index is -3.61. The van der Waals surface area contributed by atoms with Crippen LogP contribution in [0.5, 0.6) is 0 Å². The van der Waals surface area contributed by atoms with Gasteiger partial charge in [0.05, 0.1) is 17.1 Å². The number of anilines is 2. The number of sulfonamides is 1. The number of hydrogen-bond donors (Lipinski definition) is 2. The van der Waals surface area contributed by atoms with Crippen LogP contribution in [-0.4, -0.2) is 39.3 Å². The van der Waals surface area contributed by atoms with E-state index in [1.807, 2.05) is 0 Å². The van der Waals surface area contributed by atoms with Crippen LogP contribution in [0.25, 0.3) is 0 Å². The summed E-state index contributed by atoms with van der Waals surface area (Å²) in [6.45, 7) is 1.54. The van der Waals surface area contributed by atoms with E-state index in [0.29, 0.717) is 11.8 Å². The molecule has 0 heterocycles. The van der Waals surface area contributed by atoms with Crippen molar-refractivity contribution in [1.82, 2.24) is 4.31 Å². The van der Waals surface area contributed by atoms with Crippen LogP contribution in [0, 0.1) is 18.6 Å². The van der Waals surface area contributed by atoms with Crippen molar-refractivity contribution in [3.8, 4) is 0 Å². The predicted octanol–water partition coefficient (Wildman–Crippen LogP) is 2.57. The summed E-state index contributed by atoms with van der Waals surface area (Å²) in [5.41, 5.74) is 1.06. The van der Waals surface area contributed by atoms with Crippen LogP contribution in [0.1, 0.15) is 5.56 Å². The first-order valence-electron chi connectivity index (χ1n) is 7.63. The van der Waals surface area contributed by atoms with E-state index in [9.17, 15) is 22.0 Å². The third-order valence-corrected chi connectivity index (χ3v) is 5.44. The summed E-state index contributed by atoms with van der Waals surface area (Å²) < 4.78 is 51.9. The van der Waals surface area contributed by atoms with Crippen molar-refractivity contribution >= 4 is 27.3 Å². The Morgan fingerprint density at radius 2 is 1.77 bits per heavy atom. The van der Waals surface area contributed by atoms with Gasteiger partial charge in [-0.25, -0.2) is 21.5 Å². The molecule has 0 saturated carbocycles. The first kappa shape index (κ1) is 19.8. The minimum Gasteiger partial charge on any atom is -0.376 e. The highest BCUT2D eigenvalue weighted by Crippen LogP contribution is 2.22. The van der Waals surface area contributed by atoms with Gasteiger partial charge in [-0.1, -0.05) is 6.07 Å². The summed E-state index contributed by atoms with van der Waals surface area (Å²) in [4.78, 5) is 12.0. The summed E-state index contributed by atoms with van der Waals surface area (Å²) in [5, 5.41) is 5.14. The number of nitrogens with zero attached hydrogens (tertiary/aromatic N) is 1. The normalized spacial score (nSPS) is 11.5. The number of carbonyl (C=O) groups is 1. The topological polar surface area (TPSA) is 78.5 Å². The van der Waals surface area contributed by atoms with Gasteiger partial charge in [-0.05, 0) is 36.8 Å². The lowest BCUT2D eigenvalue weighted by molar-refractivity contribution is -0.114. The Labute approximate surface area is 150 Å². The SMILES string of the molecule is Cc1ccc(S(=O)(=O)N(C)C)cc1NCC(=O)Nc1ccc(F)cc1F. The van der Waals surface area contributed by atoms with E-state index in [1.54, 1.807) is 13.0 Å². The largest absolute Gasteiger partial charge is 0.376 e. The molecule has 26 heavy (non-hydrogen) atoms. The summed E-state index contributed by atoms with van der Waals surface area (Å²) in [6.07, 6.45) is 0. The van der Waals surface area contributed by atoms with E-state index in [-0.39, 0.29) is 17.1 Å². The van der Waals surface area contributed by atoms with E-state index >= 15 is 0 Å². The van der Waals surface area contributed by atoms with E-state index in [4.69, 9.17) is 0 Å². The van der Waals surface area contributed by atoms with Gasteiger partial charge in [-0.2, -0.15) is 0 Å². The van der Waals surface area contributed by atoms with Gasteiger partial charge in [0.15, 0.2) is 0 Å². The Balaban J connectivity index is 2.10. The highest BCUT2D eigenvalue weighted by molar-refractivity contribution is 7.89. The lowest BCUT2D eigenvalue weighted by Gasteiger charge is -2.15. The quantitative estimate of drug-likeness (QED) is 0.804. The van der Waals surface area contributed by atoms with Crippen molar-refractivity contribution < 1.29 is 22.0 Å². The maximum absolute atomic E-state index is 13.6. The molecule has 2 aromatic carbocycles. The molecule has 2 rings (SSSR count). The maximum atomic E-state index is 13.6. The Hall–Kier alpha value is -2.52. The lowest BCUT2D eigenvalue weighted by atomic mass is 10.2. The fourth-order valence-corrected chi connectivity index (χ4v) is 3.05. The lowest BCUT2D eigenvalue weighted by Crippen LogP contribution is -2.24. The third kappa shape index (κ3) is 4.55. The number of nitrogens with one attached hydrogen (secondary N) is 2. The van der Waals surface area contributed by atoms with Gasteiger partial charge in [0, 0.05) is 25.8 Å². The molecule has 0 radical (unpaired) electrons. The molecule has 0 atom stereocenters. The van der Waals surface area contributed by atoms with Crippen LogP contribution in [-0.2, 0) is 14.8 Å². The molecule has 9 heteroatoms. The summed E-state index contributed by atoms with van der Waals surface area (Å²) in [5.74, 6) is -2.18. The molecule has 0 aromatic heterocycles. The van der Waals surface area contributed by atoms with Crippen LogP contribution in [0.4, 0.5) is 20.2 Å². The Kier molecular flexibility index (Phi) is 5.94. The Morgan fingerprint density at radius 3 is 2.38 bits per heavy atom. The number of aryl methyl sites for hydroxylation is 1. The van der Waals surface area contributed by atoms with E-state index in [0.717, 1.165) is 22.0 Å². The van der Waals surface area contributed by atoms with Gasteiger partial charge in [0.25, 0.3) is 0 Å². The number of carbonyl (C=O) groups excluding carboxylic acids is 1. The zero-order chi connectivity index (χ0) is 19.5. The maximum Gasteiger partial charge on any atom is 0.243 e. The number of hydrogen-bond acceptors (Lipinski definition) is 4. The van der Waals surface area contributed by atoms with Gasteiger partial charge in [0.2, 0.25) is 15.9 Å². The summed E-state index contributed by atoms with van der Waals surface area (Å²) in [6, 6.07) is 7.35. The Morgan fingerprint density at radius 1 is 1.08 bits per heavy atom. The molecule has 1 amide bonds. The second-order valence-corrected chi connectivity index (χ2v) is 7.94. The standard InChI is InChI=1S/C17H19F2N3O3S/c1-11-4-6-13(26(24,25)22(2)3)9-16(11)20-10-17(23)21-15-7-5-12(18)8-14(15)19/h4-9,20H,10H2,1-3H3,(H,21,23). The zero-order valence-electron chi connectivity index (χ0n) is 14.5. The van der Waals surface area contributed by atoms with Crippen molar-refractivity contribution in [1.29, 1.82) is 0 Å². The van der Waals surface area contributed by atoms with Gasteiger partial charge < -0.3 is 10.6 Å². The van der Waals surface area contributed by atoms with Crippen molar-refractivity contribution in [3.63, 3.8) is 0 Å². The number of benzene rings is 2. The molecular formula is C17H19F2N3O3S. The van der Waals surface area contributed by atoms with Crippen LogP contribution < -0.4 is 10.6 Å². The predicted molar refractivity (Wildman–Crippen MR) is 95.5 cm³/mol. The smallest absolute Gasteiger partial charge is 0.243 e. The first-order valence-corrected chi connectivity index (χ1v) is 9.07. The highest BCUT2D eigenvalue weighted by Gasteiger charge is 2.18. The molecular weight excluding hydrogens is 364 g/mol. The second kappa shape index (κ2) is 7.79. The van der Waals surface area contributed by atoms with Gasteiger partial charge in [-0.3, -0.25) is 4.79 Å². The monoisotopic (exact) mass is 383 g/mol. The zero-order valence-corrected chi connectivity index (χ0v) is 15.3. The van der Waals surface area contributed by atoms with Gasteiger partial charge >= 0.3 is 0 Å². The molecule has 0 aliphatic rings. The van der Waals surface area contributed by atoms with Crippen molar-refractivity contribution in [2.24, 2.45) is 0 Å². The molecule has 0 spiro atoms. The highest BCUT2D eigenvalue weighted by atomic mass is 32.2. The third-order valence-electron chi connectivity index (χ3n) is 3.63. The molecule has 2 aromatic rings. The average molecular weight is 383 g/mol. The van der Waals surface area contributed by atoms with Crippen LogP contribution >= 0.6 is 0 Å². The molecule has 0 fully saturated rings. The number of halogens is 2. The van der Waals surface area contributed by atoms with E-state index < -0.39 is 27.6 Å². The van der Waals surface area contributed by atoms with Crippen molar-refractivity contribution in [2.45, 2.75) is 11.8 Å². The molecule has 0 aliphatic carbocycles. The molecule has 0 unspecified atom stereocenters. The Bertz CT molecular complexity index is 931. The number of amides is 1. The van der Waals surface area contributed by atoms with Gasteiger partial charge in [-0.15, -0.1) is 0 Å². The second-order valence-electron chi connectivity index (χ2n) is 5.79. The summed E-state index contributed by atoms with van der Waals surface area (Å²) >= 11 is 0. The molecule has 0 bridgehead atoms. The molecule has 2 N–H and O–H groups in total. The molecule has 0 aliphatic heterocycles. The average Bonchev–Trinajstić information content (AvgIpc) is 2.56. The molecule has 6 nitrogen and oxygen atoms in total. The van der Waals surface area contributed by atoms with Crippen LogP contribution in [0.3, 0.4) is 0 Å². The fourth-order valence-electron chi connectivity index (χ4n) is 2.12. The van der Waals surface area contributed by atoms with E-state index in [1.165, 1.54) is 26.2 Å². The molecule has 0 saturated heterocycles. The first-order chi connectivity index (χ1) is 12.1.